The molecule has 5 nitrogen and oxygen atoms in total. The van der Waals surface area contributed by atoms with E-state index in [1.807, 2.05) is 38.1 Å². The van der Waals surface area contributed by atoms with Gasteiger partial charge in [-0.05, 0) is 50.1 Å². The number of anilines is 2. The minimum Gasteiger partial charge on any atom is -0.489 e. The highest BCUT2D eigenvalue weighted by Crippen LogP contribution is 2.25. The molecule has 0 spiro atoms. The van der Waals surface area contributed by atoms with Gasteiger partial charge in [0.1, 0.15) is 5.75 Å². The molecule has 1 fully saturated rings. The summed E-state index contributed by atoms with van der Waals surface area (Å²) in [6.07, 6.45) is 1.21. The molecule has 3 rings (SSSR count). The van der Waals surface area contributed by atoms with Crippen LogP contribution in [-0.4, -0.2) is 38.3 Å². The van der Waals surface area contributed by atoms with E-state index in [2.05, 4.69) is 34.5 Å². The van der Waals surface area contributed by atoms with Crippen LogP contribution in [-0.2, 0) is 16.0 Å². The Balaban J connectivity index is 1.52. The number of benzene rings is 2. The molecular formula is C22H28N2O3. The molecule has 1 N–H and O–H groups in total. The molecule has 0 unspecified atom stereocenters. The van der Waals surface area contributed by atoms with Crippen molar-refractivity contribution in [2.24, 2.45) is 0 Å². The second-order valence-corrected chi connectivity index (χ2v) is 6.98. The maximum atomic E-state index is 12.3. The summed E-state index contributed by atoms with van der Waals surface area (Å²) in [5, 5.41) is 2.96. The molecule has 2 aromatic carbocycles. The molecule has 27 heavy (non-hydrogen) atoms. The third kappa shape index (κ3) is 5.73. The second-order valence-electron chi connectivity index (χ2n) is 6.98. The van der Waals surface area contributed by atoms with Crippen molar-refractivity contribution in [3.8, 4) is 5.75 Å². The van der Waals surface area contributed by atoms with Crippen LogP contribution in [0.4, 0.5) is 11.4 Å². The van der Waals surface area contributed by atoms with Gasteiger partial charge in [-0.25, -0.2) is 0 Å². The van der Waals surface area contributed by atoms with Gasteiger partial charge in [0.05, 0.1) is 25.0 Å². The lowest BCUT2D eigenvalue weighted by Gasteiger charge is -2.28. The minimum absolute atomic E-state index is 0.00735. The van der Waals surface area contributed by atoms with Crippen LogP contribution in [0.25, 0.3) is 0 Å². The maximum absolute atomic E-state index is 12.3. The number of carbonyl (C=O) groups is 1. The van der Waals surface area contributed by atoms with Gasteiger partial charge in [0.15, 0.2) is 0 Å². The van der Waals surface area contributed by atoms with E-state index >= 15 is 0 Å². The molecule has 1 aliphatic heterocycles. The van der Waals surface area contributed by atoms with Crippen molar-refractivity contribution in [2.75, 3.05) is 36.5 Å². The van der Waals surface area contributed by atoms with Crippen molar-refractivity contribution >= 4 is 17.3 Å². The standard InChI is InChI=1S/C22H28N2O3/c1-17(2)27-21-6-4-3-5-20(21)23-22(25)12-9-18-7-10-19(11-8-18)24-13-15-26-16-14-24/h3-8,10-11,17H,9,12-16H2,1-2H3,(H,23,25). The summed E-state index contributed by atoms with van der Waals surface area (Å²) in [4.78, 5) is 14.7. The first-order valence-corrected chi connectivity index (χ1v) is 9.59. The van der Waals surface area contributed by atoms with Gasteiger partial charge in [-0.3, -0.25) is 4.79 Å². The molecule has 1 heterocycles. The molecular weight excluding hydrogens is 340 g/mol. The summed E-state index contributed by atoms with van der Waals surface area (Å²) in [6, 6.07) is 16.0. The zero-order chi connectivity index (χ0) is 19.1. The van der Waals surface area contributed by atoms with Gasteiger partial charge in [0.2, 0.25) is 5.91 Å². The van der Waals surface area contributed by atoms with Crippen LogP contribution in [0.2, 0.25) is 0 Å². The van der Waals surface area contributed by atoms with Crippen LogP contribution in [0, 0.1) is 0 Å². The molecule has 0 atom stereocenters. The fraction of sp³-hybridized carbons (Fsp3) is 0.409. The number of nitrogens with one attached hydrogen (secondary N) is 1. The molecule has 1 saturated heterocycles. The van der Waals surface area contributed by atoms with Crippen molar-refractivity contribution in [2.45, 2.75) is 32.8 Å². The largest absolute Gasteiger partial charge is 0.489 e. The average molecular weight is 368 g/mol. The number of hydrogen-bond donors (Lipinski definition) is 1. The van der Waals surface area contributed by atoms with Crippen molar-refractivity contribution < 1.29 is 14.3 Å². The summed E-state index contributed by atoms with van der Waals surface area (Å²) < 4.78 is 11.1. The number of rotatable bonds is 7. The van der Waals surface area contributed by atoms with Gasteiger partial charge in [0, 0.05) is 25.2 Å². The summed E-state index contributed by atoms with van der Waals surface area (Å²) >= 11 is 0. The quantitative estimate of drug-likeness (QED) is 0.806. The van der Waals surface area contributed by atoms with E-state index in [9.17, 15) is 4.79 Å². The van der Waals surface area contributed by atoms with Gasteiger partial charge in [-0.1, -0.05) is 24.3 Å². The summed E-state index contributed by atoms with van der Waals surface area (Å²) in [7, 11) is 0. The number of para-hydroxylation sites is 2. The van der Waals surface area contributed by atoms with E-state index in [1.165, 1.54) is 5.69 Å². The number of carbonyl (C=O) groups excluding carboxylic acids is 1. The lowest BCUT2D eigenvalue weighted by Crippen LogP contribution is -2.36. The normalized spacial score (nSPS) is 14.3. The van der Waals surface area contributed by atoms with Crippen molar-refractivity contribution in [3.05, 3.63) is 54.1 Å². The molecule has 0 aliphatic carbocycles. The molecule has 0 radical (unpaired) electrons. The van der Waals surface area contributed by atoms with Crippen LogP contribution in [0.1, 0.15) is 25.8 Å². The molecule has 0 bridgehead atoms. The summed E-state index contributed by atoms with van der Waals surface area (Å²) in [5.41, 5.74) is 3.10. The first-order valence-electron chi connectivity index (χ1n) is 9.59. The van der Waals surface area contributed by atoms with Crippen LogP contribution < -0.4 is 15.0 Å². The maximum Gasteiger partial charge on any atom is 0.224 e. The number of aryl methyl sites for hydroxylation is 1. The van der Waals surface area contributed by atoms with E-state index in [4.69, 9.17) is 9.47 Å². The Bertz CT molecular complexity index is 737. The smallest absolute Gasteiger partial charge is 0.224 e. The Labute approximate surface area is 161 Å². The number of nitrogens with zero attached hydrogens (tertiary/aromatic N) is 1. The Hall–Kier alpha value is -2.53. The second kappa shape index (κ2) is 9.42. The van der Waals surface area contributed by atoms with Gasteiger partial charge in [0.25, 0.3) is 0 Å². The first-order chi connectivity index (χ1) is 13.1. The fourth-order valence-electron chi connectivity index (χ4n) is 3.09. The van der Waals surface area contributed by atoms with E-state index in [1.54, 1.807) is 0 Å². The first kappa shape index (κ1) is 19.2. The van der Waals surface area contributed by atoms with Gasteiger partial charge >= 0.3 is 0 Å². The predicted molar refractivity (Wildman–Crippen MR) is 109 cm³/mol. The van der Waals surface area contributed by atoms with E-state index in [-0.39, 0.29) is 12.0 Å². The van der Waals surface area contributed by atoms with Crippen LogP contribution >= 0.6 is 0 Å². The lowest BCUT2D eigenvalue weighted by molar-refractivity contribution is -0.116. The van der Waals surface area contributed by atoms with E-state index in [0.717, 1.165) is 37.6 Å². The van der Waals surface area contributed by atoms with Crippen LogP contribution in [0.15, 0.2) is 48.5 Å². The number of ether oxygens (including phenoxy) is 2. The van der Waals surface area contributed by atoms with Crippen molar-refractivity contribution in [1.29, 1.82) is 0 Å². The molecule has 1 aliphatic rings. The highest BCUT2D eigenvalue weighted by atomic mass is 16.5. The Morgan fingerprint density at radius 2 is 1.81 bits per heavy atom. The Morgan fingerprint density at radius 3 is 2.52 bits per heavy atom. The fourth-order valence-corrected chi connectivity index (χ4v) is 3.09. The van der Waals surface area contributed by atoms with Gasteiger partial charge < -0.3 is 19.7 Å². The molecule has 1 amide bonds. The van der Waals surface area contributed by atoms with Crippen molar-refractivity contribution in [3.63, 3.8) is 0 Å². The third-order valence-corrected chi connectivity index (χ3v) is 4.48. The molecule has 0 aromatic heterocycles. The molecule has 0 saturated carbocycles. The zero-order valence-corrected chi connectivity index (χ0v) is 16.1. The predicted octanol–water partition coefficient (Wildman–Crippen LogP) is 3.88. The number of morpholine rings is 1. The highest BCUT2D eigenvalue weighted by Gasteiger charge is 2.12. The molecule has 5 heteroatoms. The van der Waals surface area contributed by atoms with E-state index < -0.39 is 0 Å². The topological polar surface area (TPSA) is 50.8 Å². The lowest BCUT2D eigenvalue weighted by atomic mass is 10.1. The monoisotopic (exact) mass is 368 g/mol. The zero-order valence-electron chi connectivity index (χ0n) is 16.1. The van der Waals surface area contributed by atoms with Gasteiger partial charge in [-0.2, -0.15) is 0 Å². The average Bonchev–Trinajstić information content (AvgIpc) is 2.69. The third-order valence-electron chi connectivity index (χ3n) is 4.48. The molecule has 144 valence electrons. The van der Waals surface area contributed by atoms with E-state index in [0.29, 0.717) is 18.6 Å². The molecule has 2 aromatic rings. The Kier molecular flexibility index (Phi) is 6.71. The number of hydrogen-bond acceptors (Lipinski definition) is 4. The SMILES string of the molecule is CC(C)Oc1ccccc1NC(=O)CCc1ccc(N2CCOCC2)cc1. The van der Waals surface area contributed by atoms with Crippen LogP contribution in [0.5, 0.6) is 5.75 Å². The van der Waals surface area contributed by atoms with Crippen LogP contribution in [0.3, 0.4) is 0 Å². The number of amides is 1. The minimum atomic E-state index is -0.00735. The summed E-state index contributed by atoms with van der Waals surface area (Å²) in [5.74, 6) is 0.697. The Morgan fingerprint density at radius 1 is 1.11 bits per heavy atom. The van der Waals surface area contributed by atoms with Crippen molar-refractivity contribution in [1.82, 2.24) is 0 Å². The highest BCUT2D eigenvalue weighted by molar-refractivity contribution is 5.92. The summed E-state index contributed by atoms with van der Waals surface area (Å²) in [6.45, 7) is 7.37. The van der Waals surface area contributed by atoms with Gasteiger partial charge in [-0.15, -0.1) is 0 Å².